The Labute approximate surface area is 502 Å². The van der Waals surface area contributed by atoms with Gasteiger partial charge in [-0.15, -0.1) is 0 Å². The Kier molecular flexibility index (Phi) is 65.7. The van der Waals surface area contributed by atoms with Gasteiger partial charge in [0.2, 0.25) is 0 Å². The van der Waals surface area contributed by atoms with Crippen molar-refractivity contribution >= 4 is 17.9 Å². The maximum absolute atomic E-state index is 12.9. The fraction of sp³-hybridized carbons (Fsp3) is 0.747. The zero-order chi connectivity index (χ0) is 58.5. The molecule has 0 rings (SSSR count). The molecule has 0 heterocycles. The van der Waals surface area contributed by atoms with Gasteiger partial charge in [0.15, 0.2) is 6.10 Å². The first-order valence-corrected chi connectivity index (χ1v) is 34.7. The molecule has 6 nitrogen and oxygen atoms in total. The SMILES string of the molecule is CC/C=C\C/C=C\C/C=C\C/C=C\C/C=C\CCCCCCCCCCCCCCCCCC(=O)OCC(COC(=O)CCCCCCC/C=C\CCCC)OC(=O)CCCCCCCCCCC/C=C\C/C=C\CCCCCCC. The summed E-state index contributed by atoms with van der Waals surface area (Å²) in [5, 5.41) is 0. The van der Waals surface area contributed by atoms with Gasteiger partial charge in [0.25, 0.3) is 0 Å². The fourth-order valence-corrected chi connectivity index (χ4v) is 9.84. The second kappa shape index (κ2) is 68.8. The van der Waals surface area contributed by atoms with E-state index in [2.05, 4.69) is 118 Å². The molecule has 0 radical (unpaired) electrons. The van der Waals surface area contributed by atoms with E-state index in [1.807, 2.05) is 0 Å². The number of hydrogen-bond donors (Lipinski definition) is 0. The van der Waals surface area contributed by atoms with Crippen molar-refractivity contribution in [2.45, 2.75) is 348 Å². The number of hydrogen-bond acceptors (Lipinski definition) is 6. The minimum atomic E-state index is -0.783. The van der Waals surface area contributed by atoms with Crippen LogP contribution in [0.15, 0.2) is 97.2 Å². The van der Waals surface area contributed by atoms with E-state index in [1.54, 1.807) is 0 Å². The summed E-state index contributed by atoms with van der Waals surface area (Å²) in [6, 6.07) is 0. The van der Waals surface area contributed by atoms with Gasteiger partial charge in [0, 0.05) is 19.3 Å². The highest BCUT2D eigenvalue weighted by Gasteiger charge is 2.19. The van der Waals surface area contributed by atoms with E-state index < -0.39 is 6.10 Å². The van der Waals surface area contributed by atoms with Crippen LogP contribution in [0.4, 0.5) is 0 Å². The van der Waals surface area contributed by atoms with Crippen molar-refractivity contribution in [3.05, 3.63) is 97.2 Å². The molecule has 0 aliphatic heterocycles. The van der Waals surface area contributed by atoms with Crippen LogP contribution in [0.3, 0.4) is 0 Å². The lowest BCUT2D eigenvalue weighted by Crippen LogP contribution is -2.30. The fourth-order valence-electron chi connectivity index (χ4n) is 9.84. The first-order valence-electron chi connectivity index (χ1n) is 34.7. The molecule has 0 aromatic rings. The molecule has 0 aromatic heterocycles. The van der Waals surface area contributed by atoms with Crippen LogP contribution < -0.4 is 0 Å². The highest BCUT2D eigenvalue weighted by Crippen LogP contribution is 2.17. The minimum absolute atomic E-state index is 0.0793. The summed E-state index contributed by atoms with van der Waals surface area (Å²) >= 11 is 0. The molecule has 0 saturated heterocycles. The first kappa shape index (κ1) is 77.3. The Morgan fingerprint density at radius 2 is 0.494 bits per heavy atom. The van der Waals surface area contributed by atoms with E-state index in [0.717, 1.165) is 103 Å². The van der Waals surface area contributed by atoms with Crippen LogP contribution in [-0.4, -0.2) is 37.2 Å². The highest BCUT2D eigenvalue weighted by molar-refractivity contribution is 5.71. The van der Waals surface area contributed by atoms with Gasteiger partial charge in [-0.3, -0.25) is 14.4 Å². The highest BCUT2D eigenvalue weighted by atomic mass is 16.6. The predicted octanol–water partition coefficient (Wildman–Crippen LogP) is 24.0. The van der Waals surface area contributed by atoms with Crippen LogP contribution in [0.2, 0.25) is 0 Å². The minimum Gasteiger partial charge on any atom is -0.462 e. The van der Waals surface area contributed by atoms with Gasteiger partial charge in [-0.05, 0) is 116 Å². The van der Waals surface area contributed by atoms with Crippen molar-refractivity contribution in [2.24, 2.45) is 0 Å². The zero-order valence-corrected chi connectivity index (χ0v) is 53.5. The molecule has 6 heteroatoms. The molecule has 1 atom stereocenters. The molecule has 0 aromatic carbocycles. The van der Waals surface area contributed by atoms with Gasteiger partial charge in [0.1, 0.15) is 13.2 Å². The Bertz CT molecular complexity index is 1580. The molecule has 0 N–H and O–H groups in total. The monoisotopic (exact) mass is 1130 g/mol. The Hall–Kier alpha value is -3.67. The van der Waals surface area contributed by atoms with Crippen LogP contribution in [0.25, 0.3) is 0 Å². The van der Waals surface area contributed by atoms with Crippen molar-refractivity contribution in [1.29, 1.82) is 0 Å². The third-order valence-electron chi connectivity index (χ3n) is 15.0. The van der Waals surface area contributed by atoms with Crippen LogP contribution in [0.1, 0.15) is 342 Å². The Morgan fingerprint density at radius 1 is 0.259 bits per heavy atom. The van der Waals surface area contributed by atoms with E-state index in [1.165, 1.54) is 199 Å². The van der Waals surface area contributed by atoms with Crippen LogP contribution in [-0.2, 0) is 28.6 Å². The van der Waals surface area contributed by atoms with Crippen LogP contribution in [0.5, 0.6) is 0 Å². The van der Waals surface area contributed by atoms with Crippen molar-refractivity contribution < 1.29 is 28.6 Å². The maximum Gasteiger partial charge on any atom is 0.306 e. The largest absolute Gasteiger partial charge is 0.462 e. The van der Waals surface area contributed by atoms with Gasteiger partial charge >= 0.3 is 17.9 Å². The molecular weight excluding hydrogens is 997 g/mol. The number of carbonyl (C=O) groups is 3. The van der Waals surface area contributed by atoms with Crippen LogP contribution >= 0.6 is 0 Å². The lowest BCUT2D eigenvalue weighted by molar-refractivity contribution is -0.167. The van der Waals surface area contributed by atoms with Gasteiger partial charge in [-0.25, -0.2) is 0 Å². The van der Waals surface area contributed by atoms with Gasteiger partial charge in [-0.2, -0.15) is 0 Å². The van der Waals surface area contributed by atoms with Gasteiger partial charge in [-0.1, -0.05) is 304 Å². The summed E-state index contributed by atoms with van der Waals surface area (Å²) in [5.74, 6) is -0.880. The number of ether oxygens (including phenoxy) is 3. The average Bonchev–Trinajstić information content (AvgIpc) is 3.47. The molecule has 0 saturated carbocycles. The molecule has 0 fully saturated rings. The second-order valence-electron chi connectivity index (χ2n) is 23.1. The van der Waals surface area contributed by atoms with Crippen LogP contribution in [0, 0.1) is 0 Å². The second-order valence-corrected chi connectivity index (χ2v) is 23.1. The summed E-state index contributed by atoms with van der Waals surface area (Å²) in [5.41, 5.74) is 0. The molecule has 0 bridgehead atoms. The number of rotatable bonds is 63. The Morgan fingerprint density at radius 3 is 0.802 bits per heavy atom. The molecule has 466 valence electrons. The number of carbonyl (C=O) groups excluding carboxylic acids is 3. The molecule has 1 unspecified atom stereocenters. The third-order valence-corrected chi connectivity index (χ3v) is 15.0. The normalized spacial score (nSPS) is 12.7. The quantitative estimate of drug-likeness (QED) is 0.0261. The molecule has 0 aliphatic rings. The van der Waals surface area contributed by atoms with E-state index >= 15 is 0 Å². The maximum atomic E-state index is 12.9. The summed E-state index contributed by atoms with van der Waals surface area (Å²) in [4.78, 5) is 38.3. The smallest absolute Gasteiger partial charge is 0.306 e. The third kappa shape index (κ3) is 67.0. The first-order chi connectivity index (χ1) is 40.0. The van der Waals surface area contributed by atoms with Gasteiger partial charge in [0.05, 0.1) is 0 Å². The van der Waals surface area contributed by atoms with E-state index in [4.69, 9.17) is 14.2 Å². The molecule has 0 spiro atoms. The average molecular weight is 1130 g/mol. The van der Waals surface area contributed by atoms with Crippen molar-refractivity contribution in [2.75, 3.05) is 13.2 Å². The number of unbranched alkanes of at least 4 members (excludes halogenated alkanes) is 36. The van der Waals surface area contributed by atoms with E-state index in [0.29, 0.717) is 19.3 Å². The van der Waals surface area contributed by atoms with Crippen molar-refractivity contribution in [3.8, 4) is 0 Å². The topological polar surface area (TPSA) is 78.9 Å². The van der Waals surface area contributed by atoms with Gasteiger partial charge < -0.3 is 14.2 Å². The summed E-state index contributed by atoms with van der Waals surface area (Å²) in [6.07, 6.45) is 92.9. The molecule has 0 amide bonds. The molecule has 0 aliphatic carbocycles. The molecule has 81 heavy (non-hydrogen) atoms. The lowest BCUT2D eigenvalue weighted by atomic mass is 10.0. The Balaban J connectivity index is 4.19. The van der Waals surface area contributed by atoms with Crippen molar-refractivity contribution in [1.82, 2.24) is 0 Å². The number of esters is 3. The predicted molar refractivity (Wildman–Crippen MR) is 353 cm³/mol. The van der Waals surface area contributed by atoms with E-state index in [9.17, 15) is 14.4 Å². The summed E-state index contributed by atoms with van der Waals surface area (Å²) < 4.78 is 16.9. The number of allylic oxidation sites excluding steroid dienone is 16. The standard InChI is InChI=1S/C75H130O6/c1-4-7-10-13-16-19-22-24-26-28-30-32-33-34-35-36-37-38-39-40-41-43-44-46-48-50-53-56-59-62-65-68-74(77)80-71-72(70-79-73(76)67-64-61-58-55-52-21-18-15-12-9-6-3)81-75(78)69-66-63-60-57-54-51-49-47-45-42-31-29-27-25-23-20-17-14-11-8-5-2/h7,10,15-16,18-19,23-26,29-32,34-35,72H,4-6,8-9,11-14,17,20-22,27-28,33,36-71H2,1-3H3/b10-7-,18-15-,19-16-,25-23-,26-24-,31-29-,32-30-,35-34-. The zero-order valence-electron chi connectivity index (χ0n) is 53.5. The lowest BCUT2D eigenvalue weighted by Gasteiger charge is -2.18. The summed E-state index contributed by atoms with van der Waals surface area (Å²) in [6.45, 7) is 6.50. The van der Waals surface area contributed by atoms with E-state index in [-0.39, 0.29) is 31.1 Å². The molecular formula is C75H130O6. The summed E-state index contributed by atoms with van der Waals surface area (Å²) in [7, 11) is 0. The van der Waals surface area contributed by atoms with Crippen molar-refractivity contribution in [3.63, 3.8) is 0 Å².